The zero-order valence-electron chi connectivity index (χ0n) is 26.7. The number of unbranched alkanes of at least 4 members (excludes halogenated alkanes) is 11. The van der Waals surface area contributed by atoms with Gasteiger partial charge in [-0.3, -0.25) is 0 Å². The maximum atomic E-state index is 11.4. The molecule has 218 valence electrons. The second kappa shape index (κ2) is 34.0. The van der Waals surface area contributed by atoms with Crippen LogP contribution in [0.1, 0.15) is 191 Å². The Labute approximate surface area is 228 Å². The number of carbonyl (C=O) groups is 3. The Morgan fingerprint density at radius 1 is 0.389 bits per heavy atom. The quantitative estimate of drug-likeness (QED) is 0.162. The molecule has 0 aromatic carbocycles. The first-order chi connectivity index (χ1) is 17.1. The lowest BCUT2D eigenvalue weighted by molar-refractivity contribution is -0.125. The van der Waals surface area contributed by atoms with E-state index in [1.807, 2.05) is 0 Å². The normalized spacial score (nSPS) is 10.2. The summed E-state index contributed by atoms with van der Waals surface area (Å²) in [6, 6.07) is 0. The van der Waals surface area contributed by atoms with Gasteiger partial charge in [0.2, 0.25) is 0 Å². The standard InChI is InChI=1S/C15H26O3.3C6H14/c1-5-6-7-8-15(9-12(2)16,10-13(3)17)11-14(4)18;3*1-3-5-6-4-2/h5-11H2,1-4H3;3*3-6H2,1-2H3. The van der Waals surface area contributed by atoms with E-state index in [1.54, 1.807) is 0 Å². The Morgan fingerprint density at radius 2 is 0.583 bits per heavy atom. The third-order valence-electron chi connectivity index (χ3n) is 6.05. The van der Waals surface area contributed by atoms with Crippen LogP contribution in [0.4, 0.5) is 0 Å². The molecule has 0 fully saturated rings. The van der Waals surface area contributed by atoms with Gasteiger partial charge in [0.25, 0.3) is 0 Å². The Morgan fingerprint density at radius 3 is 0.750 bits per heavy atom. The Bertz CT molecular complexity index is 396. The molecule has 0 aliphatic carbocycles. The Balaban J connectivity index is -0.000000231. The van der Waals surface area contributed by atoms with Gasteiger partial charge in [-0.25, -0.2) is 0 Å². The van der Waals surface area contributed by atoms with E-state index in [0.29, 0.717) is 19.3 Å². The molecular formula is C33H68O3. The van der Waals surface area contributed by atoms with Gasteiger partial charge in [-0.15, -0.1) is 0 Å². The highest BCUT2D eigenvalue weighted by Crippen LogP contribution is 2.37. The minimum absolute atomic E-state index is 0.0639. The summed E-state index contributed by atoms with van der Waals surface area (Å²) < 4.78 is 0. The summed E-state index contributed by atoms with van der Waals surface area (Å²) in [5, 5.41) is 0. The highest BCUT2D eigenvalue weighted by atomic mass is 16.1. The van der Waals surface area contributed by atoms with Crippen LogP contribution in [0.15, 0.2) is 0 Å². The Hall–Kier alpha value is -0.990. The molecule has 0 aromatic rings. The minimum Gasteiger partial charge on any atom is -0.300 e. The lowest BCUT2D eigenvalue weighted by Crippen LogP contribution is -2.29. The molecule has 0 unspecified atom stereocenters. The summed E-state index contributed by atoms with van der Waals surface area (Å²) in [5.74, 6) is 0.192. The van der Waals surface area contributed by atoms with Gasteiger partial charge < -0.3 is 14.4 Å². The highest BCUT2D eigenvalue weighted by Gasteiger charge is 2.33. The molecule has 0 saturated heterocycles. The molecule has 0 atom stereocenters. The van der Waals surface area contributed by atoms with Crippen molar-refractivity contribution in [2.75, 3.05) is 0 Å². The van der Waals surface area contributed by atoms with Gasteiger partial charge in [0.05, 0.1) is 0 Å². The fraction of sp³-hybridized carbons (Fsp3) is 0.909. The molecule has 3 heteroatoms. The van der Waals surface area contributed by atoms with E-state index in [4.69, 9.17) is 0 Å². The maximum Gasteiger partial charge on any atom is 0.130 e. The van der Waals surface area contributed by atoms with E-state index in [9.17, 15) is 14.4 Å². The predicted octanol–water partition coefficient (Wildman–Crippen LogP) is 11.3. The van der Waals surface area contributed by atoms with Gasteiger partial charge in [0.15, 0.2) is 0 Å². The molecule has 0 saturated carbocycles. The molecule has 0 amide bonds. The number of carbonyl (C=O) groups excluding carboxylic acids is 3. The first kappa shape index (κ1) is 42.1. The molecule has 0 heterocycles. The maximum absolute atomic E-state index is 11.4. The van der Waals surface area contributed by atoms with Gasteiger partial charge in [0.1, 0.15) is 17.3 Å². The van der Waals surface area contributed by atoms with Crippen LogP contribution >= 0.6 is 0 Å². The van der Waals surface area contributed by atoms with Crippen molar-refractivity contribution in [2.24, 2.45) is 5.41 Å². The summed E-state index contributed by atoms with van der Waals surface area (Å²) >= 11 is 0. The number of Topliss-reactive ketones (excluding diaryl/α,β-unsaturated/α-hetero) is 3. The molecule has 0 bridgehead atoms. The molecule has 0 spiro atoms. The molecule has 0 N–H and O–H groups in total. The van der Waals surface area contributed by atoms with Crippen LogP contribution in [0.5, 0.6) is 0 Å². The summed E-state index contributed by atoms with van der Waals surface area (Å²) in [5.41, 5.74) is -0.432. The van der Waals surface area contributed by atoms with Crippen molar-refractivity contribution < 1.29 is 14.4 Å². The molecule has 0 aliphatic heterocycles. The van der Waals surface area contributed by atoms with E-state index in [1.165, 1.54) is 97.8 Å². The van der Waals surface area contributed by atoms with E-state index in [-0.39, 0.29) is 17.3 Å². The monoisotopic (exact) mass is 513 g/mol. The molecule has 0 aromatic heterocycles. The number of rotatable bonds is 19. The van der Waals surface area contributed by atoms with Gasteiger partial charge in [-0.2, -0.15) is 0 Å². The van der Waals surface area contributed by atoms with Crippen LogP contribution in [0, 0.1) is 5.41 Å². The Kier molecular flexibility index (Phi) is 39.8. The van der Waals surface area contributed by atoms with Crippen molar-refractivity contribution in [3.63, 3.8) is 0 Å². The molecule has 0 aliphatic rings. The van der Waals surface area contributed by atoms with Gasteiger partial charge >= 0.3 is 0 Å². The van der Waals surface area contributed by atoms with E-state index in [0.717, 1.165) is 25.7 Å². The fourth-order valence-corrected chi connectivity index (χ4v) is 4.29. The summed E-state index contributed by atoms with van der Waals surface area (Å²) in [4.78, 5) is 34.3. The van der Waals surface area contributed by atoms with Crippen LogP contribution in [0.25, 0.3) is 0 Å². The number of hydrogen-bond acceptors (Lipinski definition) is 3. The second-order valence-corrected chi connectivity index (χ2v) is 10.7. The van der Waals surface area contributed by atoms with E-state index < -0.39 is 5.41 Å². The molecule has 0 rings (SSSR count). The van der Waals surface area contributed by atoms with Crippen molar-refractivity contribution in [1.29, 1.82) is 0 Å². The topological polar surface area (TPSA) is 51.2 Å². The average molecular weight is 513 g/mol. The van der Waals surface area contributed by atoms with E-state index in [2.05, 4.69) is 48.5 Å². The largest absolute Gasteiger partial charge is 0.300 e. The zero-order chi connectivity index (χ0) is 28.7. The molecule has 36 heavy (non-hydrogen) atoms. The second-order valence-electron chi connectivity index (χ2n) is 10.7. The van der Waals surface area contributed by atoms with Crippen LogP contribution in [-0.2, 0) is 14.4 Å². The van der Waals surface area contributed by atoms with Crippen molar-refractivity contribution in [1.82, 2.24) is 0 Å². The number of hydrogen-bond donors (Lipinski definition) is 0. The lowest BCUT2D eigenvalue weighted by Gasteiger charge is -2.31. The van der Waals surface area contributed by atoms with Crippen molar-refractivity contribution in [2.45, 2.75) is 191 Å². The summed E-state index contributed by atoms with van der Waals surface area (Å²) in [6.45, 7) is 20.1. The van der Waals surface area contributed by atoms with Crippen LogP contribution in [0.2, 0.25) is 0 Å². The first-order valence-corrected chi connectivity index (χ1v) is 15.5. The van der Waals surface area contributed by atoms with Crippen molar-refractivity contribution in [3.05, 3.63) is 0 Å². The van der Waals surface area contributed by atoms with Crippen molar-refractivity contribution in [3.8, 4) is 0 Å². The first-order valence-electron chi connectivity index (χ1n) is 15.5. The van der Waals surface area contributed by atoms with Gasteiger partial charge in [-0.05, 0) is 32.6 Å². The van der Waals surface area contributed by atoms with Crippen LogP contribution < -0.4 is 0 Å². The average Bonchev–Trinajstić information content (AvgIpc) is 2.80. The summed E-state index contributed by atoms with van der Waals surface area (Å²) in [6.07, 6.45) is 21.6. The summed E-state index contributed by atoms with van der Waals surface area (Å²) in [7, 11) is 0. The third-order valence-corrected chi connectivity index (χ3v) is 6.05. The highest BCUT2D eigenvalue weighted by molar-refractivity contribution is 5.83. The zero-order valence-corrected chi connectivity index (χ0v) is 26.7. The molecule has 3 nitrogen and oxygen atoms in total. The fourth-order valence-electron chi connectivity index (χ4n) is 4.29. The molecular weight excluding hydrogens is 444 g/mol. The van der Waals surface area contributed by atoms with Crippen LogP contribution in [0.3, 0.4) is 0 Å². The minimum atomic E-state index is -0.432. The van der Waals surface area contributed by atoms with E-state index >= 15 is 0 Å². The van der Waals surface area contributed by atoms with Gasteiger partial charge in [-0.1, -0.05) is 145 Å². The predicted molar refractivity (Wildman–Crippen MR) is 162 cm³/mol. The lowest BCUT2D eigenvalue weighted by atomic mass is 9.71. The number of ketones is 3. The molecule has 0 radical (unpaired) electrons. The van der Waals surface area contributed by atoms with Crippen LogP contribution in [-0.4, -0.2) is 17.3 Å². The SMILES string of the molecule is CCCCCC.CCCCCC.CCCCCC.CCCCCC(CC(C)=O)(CC(C)=O)CC(C)=O. The van der Waals surface area contributed by atoms with Crippen molar-refractivity contribution >= 4 is 17.3 Å². The van der Waals surface area contributed by atoms with Gasteiger partial charge in [0, 0.05) is 19.3 Å². The third kappa shape index (κ3) is 40.2. The smallest absolute Gasteiger partial charge is 0.130 e.